The van der Waals surface area contributed by atoms with Gasteiger partial charge in [-0.2, -0.15) is 0 Å². The third kappa shape index (κ3) is 4.50. The number of phenols is 1. The summed E-state index contributed by atoms with van der Waals surface area (Å²) in [4.78, 5) is 5.73. The van der Waals surface area contributed by atoms with Crippen LogP contribution >= 0.6 is 11.9 Å². The van der Waals surface area contributed by atoms with Gasteiger partial charge in [0.1, 0.15) is 5.75 Å². The summed E-state index contributed by atoms with van der Waals surface area (Å²) in [7, 11) is 0. The second kappa shape index (κ2) is 8.95. The van der Waals surface area contributed by atoms with E-state index in [-0.39, 0.29) is 11.8 Å². The maximum Gasteiger partial charge on any atom is 0.124 e. The second-order valence-corrected chi connectivity index (χ2v) is 7.68. The molecule has 0 saturated heterocycles. The smallest absolute Gasteiger partial charge is 0.124 e. The summed E-state index contributed by atoms with van der Waals surface area (Å²) >= 11 is 1.57. The van der Waals surface area contributed by atoms with E-state index in [1.165, 1.54) is 5.56 Å². The van der Waals surface area contributed by atoms with Crippen molar-refractivity contribution in [1.29, 1.82) is 0 Å². The number of hydrogen-bond acceptors (Lipinski definition) is 4. The Balaban J connectivity index is 1.57. The Morgan fingerprint density at radius 2 is 1.59 bits per heavy atom. The fourth-order valence-electron chi connectivity index (χ4n) is 3.17. The lowest BCUT2D eigenvalue weighted by Crippen LogP contribution is -2.09. The van der Waals surface area contributed by atoms with E-state index in [0.717, 1.165) is 26.9 Å². The summed E-state index contributed by atoms with van der Waals surface area (Å²) in [6, 6.07) is 30.2. The zero-order valence-electron chi connectivity index (χ0n) is 16.1. The van der Waals surface area contributed by atoms with Gasteiger partial charge in [0, 0.05) is 22.7 Å². The molecule has 29 heavy (non-hydrogen) atoms. The number of rotatable bonds is 6. The summed E-state index contributed by atoms with van der Waals surface area (Å²) in [6.07, 6.45) is 1.75. The zero-order valence-corrected chi connectivity index (χ0v) is 16.9. The molecule has 1 atom stereocenters. The SMILES string of the molecule is CC(NSc1ccccc1N=Cc1c(O)ccc2ccccc12)c1ccccc1. The summed E-state index contributed by atoms with van der Waals surface area (Å²) in [5, 5.41) is 12.4. The molecule has 1 unspecified atom stereocenters. The number of benzene rings is 4. The Morgan fingerprint density at radius 3 is 2.45 bits per heavy atom. The molecule has 0 heterocycles. The molecule has 0 aromatic heterocycles. The van der Waals surface area contributed by atoms with Crippen molar-refractivity contribution >= 4 is 34.6 Å². The molecule has 0 fully saturated rings. The van der Waals surface area contributed by atoms with Gasteiger partial charge in [-0.3, -0.25) is 9.71 Å². The minimum Gasteiger partial charge on any atom is -0.507 e. The number of aliphatic imine (C=N–C) groups is 1. The standard InChI is InChI=1S/C25H22N2OS/c1-18(19-9-3-2-4-10-19)27-29-25-14-8-7-13-23(25)26-17-22-21-12-6-5-11-20(21)15-16-24(22)28/h2-18,27-28H,1H3. The van der Waals surface area contributed by atoms with Crippen molar-refractivity contribution < 1.29 is 5.11 Å². The fourth-order valence-corrected chi connectivity index (χ4v) is 3.98. The van der Waals surface area contributed by atoms with Gasteiger partial charge in [0.25, 0.3) is 0 Å². The van der Waals surface area contributed by atoms with Crippen molar-refractivity contribution in [2.24, 2.45) is 4.99 Å². The molecule has 4 rings (SSSR count). The van der Waals surface area contributed by atoms with Crippen LogP contribution in [-0.4, -0.2) is 11.3 Å². The van der Waals surface area contributed by atoms with Gasteiger partial charge >= 0.3 is 0 Å². The third-order valence-electron chi connectivity index (χ3n) is 4.79. The molecule has 0 bridgehead atoms. The lowest BCUT2D eigenvalue weighted by Gasteiger charge is -2.14. The highest BCUT2D eigenvalue weighted by molar-refractivity contribution is 7.97. The van der Waals surface area contributed by atoms with Crippen LogP contribution in [-0.2, 0) is 0 Å². The van der Waals surface area contributed by atoms with Crippen LogP contribution in [0.4, 0.5) is 5.69 Å². The van der Waals surface area contributed by atoms with Gasteiger partial charge in [0.2, 0.25) is 0 Å². The first kappa shape index (κ1) is 19.2. The molecular formula is C25H22N2OS. The van der Waals surface area contributed by atoms with Gasteiger partial charge in [0.15, 0.2) is 0 Å². The summed E-state index contributed by atoms with van der Waals surface area (Å²) in [5.74, 6) is 0.230. The molecule has 0 aliphatic carbocycles. The Bertz CT molecular complexity index is 1140. The van der Waals surface area contributed by atoms with Crippen LogP contribution in [0.2, 0.25) is 0 Å². The number of para-hydroxylation sites is 1. The molecule has 0 radical (unpaired) electrons. The lowest BCUT2D eigenvalue weighted by atomic mass is 10.0. The monoisotopic (exact) mass is 398 g/mol. The minimum absolute atomic E-state index is 0.209. The number of aromatic hydroxyl groups is 1. The Morgan fingerprint density at radius 1 is 0.862 bits per heavy atom. The number of hydrogen-bond donors (Lipinski definition) is 2. The Labute approximate surface area is 175 Å². The minimum atomic E-state index is 0.209. The Kier molecular flexibility index (Phi) is 5.94. The largest absolute Gasteiger partial charge is 0.507 e. The molecule has 0 saturated carbocycles. The van der Waals surface area contributed by atoms with Gasteiger partial charge in [-0.25, -0.2) is 0 Å². The van der Waals surface area contributed by atoms with Crippen LogP contribution in [0.1, 0.15) is 24.1 Å². The normalized spacial score (nSPS) is 12.4. The highest BCUT2D eigenvalue weighted by Crippen LogP contribution is 2.31. The first-order chi connectivity index (χ1) is 14.2. The van der Waals surface area contributed by atoms with Crippen molar-refractivity contribution in [2.75, 3.05) is 0 Å². The van der Waals surface area contributed by atoms with Gasteiger partial charge in [-0.05, 0) is 53.4 Å². The number of nitrogens with zero attached hydrogens (tertiary/aromatic N) is 1. The molecule has 3 nitrogen and oxygen atoms in total. The molecule has 0 amide bonds. The maximum atomic E-state index is 10.3. The van der Waals surface area contributed by atoms with Crippen molar-refractivity contribution in [3.8, 4) is 5.75 Å². The topological polar surface area (TPSA) is 44.6 Å². The molecule has 0 aliphatic heterocycles. The lowest BCUT2D eigenvalue weighted by molar-refractivity contribution is 0.475. The van der Waals surface area contributed by atoms with E-state index < -0.39 is 0 Å². The molecular weight excluding hydrogens is 376 g/mol. The van der Waals surface area contributed by atoms with E-state index in [9.17, 15) is 5.11 Å². The van der Waals surface area contributed by atoms with E-state index in [2.05, 4.69) is 23.8 Å². The van der Waals surface area contributed by atoms with Crippen LogP contribution in [0.25, 0.3) is 10.8 Å². The molecule has 0 spiro atoms. The highest BCUT2D eigenvalue weighted by Gasteiger charge is 2.08. The number of fused-ring (bicyclic) bond motifs is 1. The first-order valence-corrected chi connectivity index (χ1v) is 10.3. The van der Waals surface area contributed by atoms with Crippen LogP contribution in [0, 0.1) is 0 Å². The summed E-state index contributed by atoms with van der Waals surface area (Å²) in [5.41, 5.74) is 2.83. The summed E-state index contributed by atoms with van der Waals surface area (Å²) in [6.45, 7) is 2.14. The van der Waals surface area contributed by atoms with Crippen LogP contribution in [0.15, 0.2) is 101 Å². The van der Waals surface area contributed by atoms with E-state index in [4.69, 9.17) is 4.99 Å². The summed E-state index contributed by atoms with van der Waals surface area (Å²) < 4.78 is 3.49. The molecule has 4 heteroatoms. The molecule has 144 valence electrons. The van der Waals surface area contributed by atoms with Gasteiger partial charge in [-0.1, -0.05) is 72.8 Å². The highest BCUT2D eigenvalue weighted by atomic mass is 32.2. The predicted octanol–water partition coefficient (Wildman–Crippen LogP) is 6.65. The van der Waals surface area contributed by atoms with Crippen molar-refractivity contribution in [3.63, 3.8) is 0 Å². The van der Waals surface area contributed by atoms with E-state index in [0.29, 0.717) is 0 Å². The van der Waals surface area contributed by atoms with Crippen LogP contribution in [0.3, 0.4) is 0 Å². The van der Waals surface area contributed by atoms with Crippen molar-refractivity contribution in [1.82, 2.24) is 4.72 Å². The first-order valence-electron chi connectivity index (χ1n) is 9.53. The van der Waals surface area contributed by atoms with Crippen molar-refractivity contribution in [2.45, 2.75) is 17.9 Å². The average molecular weight is 399 g/mol. The van der Waals surface area contributed by atoms with E-state index >= 15 is 0 Å². The van der Waals surface area contributed by atoms with Crippen LogP contribution < -0.4 is 4.72 Å². The second-order valence-electron chi connectivity index (χ2n) is 6.80. The van der Waals surface area contributed by atoms with E-state index in [1.807, 2.05) is 72.8 Å². The predicted molar refractivity (Wildman–Crippen MR) is 123 cm³/mol. The van der Waals surface area contributed by atoms with Gasteiger partial charge in [-0.15, -0.1) is 0 Å². The van der Waals surface area contributed by atoms with E-state index in [1.54, 1.807) is 24.2 Å². The fraction of sp³-hybridized carbons (Fsp3) is 0.0800. The number of nitrogens with one attached hydrogen (secondary N) is 1. The van der Waals surface area contributed by atoms with Crippen LogP contribution in [0.5, 0.6) is 5.75 Å². The van der Waals surface area contributed by atoms with Gasteiger partial charge in [0.05, 0.1) is 5.69 Å². The maximum absolute atomic E-state index is 10.3. The Hall–Kier alpha value is -3.08. The molecule has 4 aromatic carbocycles. The van der Waals surface area contributed by atoms with Crippen molar-refractivity contribution in [3.05, 3.63) is 102 Å². The molecule has 4 aromatic rings. The zero-order chi connectivity index (χ0) is 20.1. The number of phenolic OH excluding ortho intramolecular Hbond substituents is 1. The third-order valence-corrected chi connectivity index (χ3v) is 5.83. The molecule has 0 aliphatic rings. The van der Waals surface area contributed by atoms with Gasteiger partial charge < -0.3 is 5.11 Å². The molecule has 2 N–H and O–H groups in total. The quantitative estimate of drug-likeness (QED) is 0.282. The average Bonchev–Trinajstić information content (AvgIpc) is 2.78.